The lowest BCUT2D eigenvalue weighted by Crippen LogP contribution is -2.21. The van der Waals surface area contributed by atoms with E-state index in [1.54, 1.807) is 25.2 Å². The normalized spacial score (nSPS) is 10.7. The van der Waals surface area contributed by atoms with E-state index in [0.29, 0.717) is 22.5 Å². The third-order valence-electron chi connectivity index (χ3n) is 4.78. The SMILES string of the molecule is Cc1ccc(NC(=O)COc2cccc(-c3nc4ccccc4c(=O)n3C)c2)cc1. The number of para-hydroxylation sites is 1. The van der Waals surface area contributed by atoms with Gasteiger partial charge in [0.2, 0.25) is 0 Å². The van der Waals surface area contributed by atoms with Gasteiger partial charge in [0, 0.05) is 18.3 Å². The highest BCUT2D eigenvalue weighted by Gasteiger charge is 2.11. The molecule has 0 aliphatic carbocycles. The first-order valence-corrected chi connectivity index (χ1v) is 9.57. The molecule has 0 fully saturated rings. The number of ether oxygens (including phenoxy) is 1. The van der Waals surface area contributed by atoms with E-state index in [1.165, 1.54) is 4.57 Å². The summed E-state index contributed by atoms with van der Waals surface area (Å²) >= 11 is 0. The molecule has 1 N–H and O–H groups in total. The number of amides is 1. The van der Waals surface area contributed by atoms with Crippen molar-refractivity contribution in [2.45, 2.75) is 6.92 Å². The predicted molar refractivity (Wildman–Crippen MR) is 118 cm³/mol. The van der Waals surface area contributed by atoms with Gasteiger partial charge >= 0.3 is 0 Å². The summed E-state index contributed by atoms with van der Waals surface area (Å²) < 4.78 is 7.18. The van der Waals surface area contributed by atoms with Crippen molar-refractivity contribution < 1.29 is 9.53 Å². The zero-order chi connectivity index (χ0) is 21.1. The fourth-order valence-corrected chi connectivity index (χ4v) is 3.18. The van der Waals surface area contributed by atoms with E-state index in [-0.39, 0.29) is 18.1 Å². The second-order valence-corrected chi connectivity index (χ2v) is 7.05. The molecule has 0 atom stereocenters. The first kappa shape index (κ1) is 19.4. The van der Waals surface area contributed by atoms with Crippen LogP contribution in [0, 0.1) is 6.92 Å². The van der Waals surface area contributed by atoms with E-state index in [4.69, 9.17) is 4.74 Å². The first-order valence-electron chi connectivity index (χ1n) is 9.57. The number of benzene rings is 3. The quantitative estimate of drug-likeness (QED) is 0.552. The van der Waals surface area contributed by atoms with Gasteiger partial charge in [-0.2, -0.15) is 0 Å². The number of aryl methyl sites for hydroxylation is 1. The Morgan fingerprint density at radius 3 is 2.60 bits per heavy atom. The molecule has 1 amide bonds. The topological polar surface area (TPSA) is 73.2 Å². The van der Waals surface area contributed by atoms with Crippen LogP contribution in [0.5, 0.6) is 5.75 Å². The van der Waals surface area contributed by atoms with Crippen LogP contribution in [0.1, 0.15) is 5.56 Å². The van der Waals surface area contributed by atoms with Crippen LogP contribution in [0.4, 0.5) is 5.69 Å². The van der Waals surface area contributed by atoms with E-state index in [9.17, 15) is 9.59 Å². The second kappa shape index (κ2) is 8.21. The van der Waals surface area contributed by atoms with Gasteiger partial charge in [0.25, 0.3) is 11.5 Å². The largest absolute Gasteiger partial charge is 0.484 e. The third-order valence-corrected chi connectivity index (χ3v) is 4.78. The van der Waals surface area contributed by atoms with E-state index < -0.39 is 0 Å². The van der Waals surface area contributed by atoms with E-state index in [2.05, 4.69) is 10.3 Å². The second-order valence-electron chi connectivity index (χ2n) is 7.05. The van der Waals surface area contributed by atoms with Crippen molar-refractivity contribution in [1.82, 2.24) is 9.55 Å². The lowest BCUT2D eigenvalue weighted by atomic mass is 10.1. The average molecular weight is 399 g/mol. The molecule has 0 unspecified atom stereocenters. The minimum atomic E-state index is -0.250. The molecule has 1 aromatic heterocycles. The van der Waals surface area contributed by atoms with Gasteiger partial charge in [-0.25, -0.2) is 4.98 Å². The molecular formula is C24H21N3O3. The molecule has 3 aromatic carbocycles. The molecule has 0 saturated heterocycles. The van der Waals surface area contributed by atoms with Crippen molar-refractivity contribution >= 4 is 22.5 Å². The van der Waals surface area contributed by atoms with Crippen LogP contribution in [0.25, 0.3) is 22.3 Å². The van der Waals surface area contributed by atoms with Crippen LogP contribution in [-0.4, -0.2) is 22.1 Å². The summed E-state index contributed by atoms with van der Waals surface area (Å²) in [5.74, 6) is 0.808. The number of nitrogens with one attached hydrogen (secondary N) is 1. The van der Waals surface area contributed by atoms with Crippen molar-refractivity contribution in [3.63, 3.8) is 0 Å². The fourth-order valence-electron chi connectivity index (χ4n) is 3.18. The summed E-state index contributed by atoms with van der Waals surface area (Å²) in [5.41, 5.74) is 3.10. The van der Waals surface area contributed by atoms with Gasteiger partial charge in [-0.15, -0.1) is 0 Å². The molecule has 0 spiro atoms. The Kier molecular flexibility index (Phi) is 5.30. The Bertz CT molecular complexity index is 1280. The highest BCUT2D eigenvalue weighted by Crippen LogP contribution is 2.23. The molecule has 4 rings (SSSR count). The summed E-state index contributed by atoms with van der Waals surface area (Å²) in [6.07, 6.45) is 0. The maximum Gasteiger partial charge on any atom is 0.262 e. The number of carbonyl (C=O) groups is 1. The summed E-state index contributed by atoms with van der Waals surface area (Å²) in [6, 6.07) is 22.0. The van der Waals surface area contributed by atoms with Crippen molar-refractivity contribution in [3.8, 4) is 17.1 Å². The number of anilines is 1. The van der Waals surface area contributed by atoms with Crippen LogP contribution in [-0.2, 0) is 11.8 Å². The number of hydrogen-bond donors (Lipinski definition) is 1. The molecule has 4 aromatic rings. The fraction of sp³-hybridized carbons (Fsp3) is 0.125. The number of aromatic nitrogens is 2. The summed E-state index contributed by atoms with van der Waals surface area (Å²) in [5, 5.41) is 3.37. The first-order chi connectivity index (χ1) is 14.5. The molecule has 6 heteroatoms. The lowest BCUT2D eigenvalue weighted by Gasteiger charge is -2.11. The van der Waals surface area contributed by atoms with Crippen molar-refractivity contribution in [1.29, 1.82) is 0 Å². The van der Waals surface area contributed by atoms with Gasteiger partial charge in [-0.1, -0.05) is 42.0 Å². The van der Waals surface area contributed by atoms with E-state index in [1.807, 2.05) is 61.5 Å². The van der Waals surface area contributed by atoms with Crippen molar-refractivity contribution in [3.05, 3.63) is 88.7 Å². The number of nitrogens with zero attached hydrogens (tertiary/aromatic N) is 2. The van der Waals surface area contributed by atoms with E-state index in [0.717, 1.165) is 16.8 Å². The van der Waals surface area contributed by atoms with Gasteiger partial charge in [0.1, 0.15) is 11.6 Å². The maximum atomic E-state index is 12.7. The highest BCUT2D eigenvalue weighted by atomic mass is 16.5. The summed E-state index contributed by atoms with van der Waals surface area (Å²) in [6.45, 7) is 1.86. The van der Waals surface area contributed by atoms with Crippen LogP contribution in [0.2, 0.25) is 0 Å². The van der Waals surface area contributed by atoms with Crippen LogP contribution < -0.4 is 15.6 Å². The molecule has 0 bridgehead atoms. The molecule has 0 saturated carbocycles. The molecule has 6 nitrogen and oxygen atoms in total. The number of hydrogen-bond acceptors (Lipinski definition) is 4. The van der Waals surface area contributed by atoms with E-state index >= 15 is 0 Å². The molecule has 30 heavy (non-hydrogen) atoms. The monoisotopic (exact) mass is 399 g/mol. The summed E-state index contributed by atoms with van der Waals surface area (Å²) in [4.78, 5) is 29.5. The summed E-state index contributed by atoms with van der Waals surface area (Å²) in [7, 11) is 1.69. The average Bonchev–Trinajstić information content (AvgIpc) is 2.76. The minimum Gasteiger partial charge on any atom is -0.484 e. The van der Waals surface area contributed by atoms with Gasteiger partial charge in [0.15, 0.2) is 6.61 Å². The number of rotatable bonds is 5. The minimum absolute atomic E-state index is 0.112. The zero-order valence-corrected chi connectivity index (χ0v) is 16.8. The smallest absolute Gasteiger partial charge is 0.262 e. The Balaban J connectivity index is 1.52. The van der Waals surface area contributed by atoms with Crippen LogP contribution >= 0.6 is 0 Å². The lowest BCUT2D eigenvalue weighted by molar-refractivity contribution is -0.118. The zero-order valence-electron chi connectivity index (χ0n) is 16.8. The Hall–Kier alpha value is -3.93. The van der Waals surface area contributed by atoms with Gasteiger partial charge in [-0.05, 0) is 43.3 Å². The molecule has 0 aliphatic heterocycles. The van der Waals surface area contributed by atoms with Crippen LogP contribution in [0.3, 0.4) is 0 Å². The highest BCUT2D eigenvalue weighted by molar-refractivity contribution is 5.91. The van der Waals surface area contributed by atoms with Crippen molar-refractivity contribution in [2.24, 2.45) is 7.05 Å². The van der Waals surface area contributed by atoms with Crippen LogP contribution in [0.15, 0.2) is 77.6 Å². The number of fused-ring (bicyclic) bond motifs is 1. The predicted octanol–water partition coefficient (Wildman–Crippen LogP) is 3.93. The Morgan fingerprint density at radius 2 is 1.80 bits per heavy atom. The molecule has 0 radical (unpaired) electrons. The third kappa shape index (κ3) is 4.07. The van der Waals surface area contributed by atoms with Crippen molar-refractivity contribution in [2.75, 3.05) is 11.9 Å². The molecule has 1 heterocycles. The Labute approximate surface area is 173 Å². The standard InChI is InChI=1S/C24H21N3O3/c1-16-10-12-18(13-11-16)25-22(28)15-30-19-7-5-6-17(14-19)23-26-21-9-4-3-8-20(21)24(29)27(23)2/h3-14H,15H2,1-2H3,(H,25,28). The molecule has 0 aliphatic rings. The Morgan fingerprint density at radius 1 is 1.03 bits per heavy atom. The number of carbonyl (C=O) groups excluding carboxylic acids is 1. The van der Waals surface area contributed by atoms with Gasteiger partial charge in [-0.3, -0.25) is 14.2 Å². The molecular weight excluding hydrogens is 378 g/mol. The molecule has 150 valence electrons. The maximum absolute atomic E-state index is 12.7. The van der Waals surface area contributed by atoms with Gasteiger partial charge in [0.05, 0.1) is 10.9 Å². The van der Waals surface area contributed by atoms with Gasteiger partial charge < -0.3 is 10.1 Å².